The molecule has 1 atom stereocenters. The number of aromatic hydroxyl groups is 1. The molecule has 3 heterocycles. The van der Waals surface area contributed by atoms with Crippen LogP contribution in [0.5, 0.6) is 5.88 Å². The molecule has 2 amide bonds. The van der Waals surface area contributed by atoms with Crippen molar-refractivity contribution in [1.82, 2.24) is 24.4 Å². The number of ether oxygens (including phenoxy) is 1. The fourth-order valence-corrected chi connectivity index (χ4v) is 4.45. The molecule has 1 saturated heterocycles. The predicted molar refractivity (Wildman–Crippen MR) is 127 cm³/mol. The Morgan fingerprint density at radius 3 is 2.68 bits per heavy atom. The van der Waals surface area contributed by atoms with Gasteiger partial charge in [0.15, 0.2) is 5.56 Å². The van der Waals surface area contributed by atoms with Gasteiger partial charge in [-0.25, -0.2) is 0 Å². The summed E-state index contributed by atoms with van der Waals surface area (Å²) in [7, 11) is 1.66. The molecule has 4 rings (SSSR count). The van der Waals surface area contributed by atoms with Crippen molar-refractivity contribution in [2.75, 3.05) is 26.8 Å². The number of amides is 2. The summed E-state index contributed by atoms with van der Waals surface area (Å²) in [5, 5.41) is 18.2. The quantitative estimate of drug-likeness (QED) is 0.564. The third-order valence-electron chi connectivity index (χ3n) is 6.30. The van der Waals surface area contributed by atoms with E-state index < -0.39 is 11.5 Å². The van der Waals surface area contributed by atoms with Crippen molar-refractivity contribution in [2.45, 2.75) is 52.6 Å². The summed E-state index contributed by atoms with van der Waals surface area (Å²) in [4.78, 5) is 40.5. The number of rotatable bonds is 8. The molecular weight excluding hydrogens is 438 g/mol. The fraction of sp³-hybridized carbons (Fsp3) is 0.583. The van der Waals surface area contributed by atoms with Crippen molar-refractivity contribution < 1.29 is 19.4 Å². The Hall–Kier alpha value is -3.14. The number of carbonyl (C=O) groups is 2. The van der Waals surface area contributed by atoms with Gasteiger partial charge in [-0.1, -0.05) is 13.8 Å². The van der Waals surface area contributed by atoms with Gasteiger partial charge in [0.1, 0.15) is 5.65 Å². The van der Waals surface area contributed by atoms with E-state index in [0.29, 0.717) is 49.1 Å². The first-order chi connectivity index (χ1) is 16.2. The lowest BCUT2D eigenvalue weighted by molar-refractivity contribution is -0.125. The van der Waals surface area contributed by atoms with E-state index in [9.17, 15) is 19.5 Å². The molecule has 10 nitrogen and oxygen atoms in total. The molecule has 1 aliphatic heterocycles. The largest absolute Gasteiger partial charge is 0.494 e. The number of methoxy groups -OCH3 is 1. The van der Waals surface area contributed by atoms with Crippen molar-refractivity contribution in [2.24, 2.45) is 11.8 Å². The van der Waals surface area contributed by atoms with Gasteiger partial charge in [-0.2, -0.15) is 9.61 Å². The molecule has 0 radical (unpaired) electrons. The molecule has 1 aliphatic carbocycles. The van der Waals surface area contributed by atoms with E-state index in [1.807, 2.05) is 13.8 Å². The Morgan fingerprint density at radius 2 is 2.03 bits per heavy atom. The van der Waals surface area contributed by atoms with Crippen LogP contribution >= 0.6 is 0 Å². The fourth-order valence-electron chi connectivity index (χ4n) is 4.45. The molecular formula is C24H33N5O5. The first kappa shape index (κ1) is 24.0. The SMILES string of the molecule is COC[C@@H]1CCN(C(=O)/C=C/c2c(C)nn3c(=O)c(C(=O)NC4CC4)c(O)n(CC(C)C)c23)C1. The molecule has 2 aromatic heterocycles. The van der Waals surface area contributed by atoms with Gasteiger partial charge >= 0.3 is 0 Å². The molecule has 2 fully saturated rings. The summed E-state index contributed by atoms with van der Waals surface area (Å²) in [6.07, 6.45) is 5.75. The molecule has 184 valence electrons. The van der Waals surface area contributed by atoms with E-state index in [0.717, 1.165) is 23.8 Å². The van der Waals surface area contributed by atoms with Crippen LogP contribution in [0.25, 0.3) is 11.7 Å². The molecule has 0 spiro atoms. The second kappa shape index (κ2) is 9.61. The minimum atomic E-state index is -0.679. The topological polar surface area (TPSA) is 118 Å². The van der Waals surface area contributed by atoms with Gasteiger partial charge in [-0.05, 0) is 38.2 Å². The van der Waals surface area contributed by atoms with Gasteiger partial charge in [0.25, 0.3) is 11.5 Å². The zero-order valence-corrected chi connectivity index (χ0v) is 20.2. The average Bonchev–Trinajstić information content (AvgIpc) is 3.34. The summed E-state index contributed by atoms with van der Waals surface area (Å²) in [6.45, 7) is 7.99. The molecule has 0 aromatic carbocycles. The Labute approximate surface area is 198 Å². The minimum absolute atomic E-state index is 0.0403. The molecule has 34 heavy (non-hydrogen) atoms. The maximum atomic E-state index is 13.2. The van der Waals surface area contributed by atoms with E-state index in [2.05, 4.69) is 10.4 Å². The number of aromatic nitrogens is 3. The van der Waals surface area contributed by atoms with Crippen LogP contribution in [0.1, 0.15) is 54.7 Å². The van der Waals surface area contributed by atoms with Gasteiger partial charge in [0, 0.05) is 50.3 Å². The normalized spacial score (nSPS) is 18.5. The highest BCUT2D eigenvalue weighted by atomic mass is 16.5. The van der Waals surface area contributed by atoms with Crippen LogP contribution in [0.2, 0.25) is 0 Å². The lowest BCUT2D eigenvalue weighted by Gasteiger charge is -2.17. The predicted octanol–water partition coefficient (Wildman–Crippen LogP) is 1.57. The number of carbonyl (C=O) groups excluding carboxylic acids is 2. The van der Waals surface area contributed by atoms with Gasteiger partial charge in [-0.15, -0.1) is 0 Å². The highest BCUT2D eigenvalue weighted by Gasteiger charge is 2.30. The smallest absolute Gasteiger partial charge is 0.291 e. The number of hydrogen-bond donors (Lipinski definition) is 2. The lowest BCUT2D eigenvalue weighted by Crippen LogP contribution is -2.34. The minimum Gasteiger partial charge on any atom is -0.494 e. The number of likely N-dealkylation sites (tertiary alicyclic amines) is 1. The van der Waals surface area contributed by atoms with E-state index in [1.165, 1.54) is 6.08 Å². The zero-order valence-electron chi connectivity index (χ0n) is 20.2. The highest BCUT2D eigenvalue weighted by molar-refractivity contribution is 5.97. The number of hydrogen-bond acceptors (Lipinski definition) is 6. The third-order valence-corrected chi connectivity index (χ3v) is 6.30. The van der Waals surface area contributed by atoms with Crippen molar-refractivity contribution in [3.8, 4) is 5.88 Å². The van der Waals surface area contributed by atoms with E-state index in [4.69, 9.17) is 4.74 Å². The van der Waals surface area contributed by atoms with Crippen molar-refractivity contribution in [1.29, 1.82) is 0 Å². The summed E-state index contributed by atoms with van der Waals surface area (Å²) < 4.78 is 7.91. The Kier molecular flexibility index (Phi) is 6.79. The first-order valence-corrected chi connectivity index (χ1v) is 11.8. The standard InChI is InChI=1S/C24H33N5O5/c1-14(2)11-28-22-18(7-8-19(30)27-10-9-16(12-27)13-34-4)15(3)26-29(22)24(33)20(23(28)32)21(31)25-17-5-6-17/h7-8,14,16-17,32H,5-6,9-13H2,1-4H3,(H,25,31)/b8-7+/t16-/m1/s1. The molecule has 1 saturated carbocycles. The lowest BCUT2D eigenvalue weighted by atomic mass is 10.1. The number of nitrogens with one attached hydrogen (secondary N) is 1. The molecule has 2 aliphatic rings. The molecule has 2 aromatic rings. The Balaban J connectivity index is 1.73. The number of fused-ring (bicyclic) bond motifs is 1. The van der Waals surface area contributed by atoms with Gasteiger partial charge in [-0.3, -0.25) is 19.0 Å². The second-order valence-corrected chi connectivity index (χ2v) is 9.72. The van der Waals surface area contributed by atoms with Crippen LogP contribution < -0.4 is 10.9 Å². The monoisotopic (exact) mass is 471 g/mol. The van der Waals surface area contributed by atoms with Gasteiger partial charge in [0.05, 0.1) is 12.3 Å². The van der Waals surface area contributed by atoms with E-state index in [1.54, 1.807) is 29.6 Å². The van der Waals surface area contributed by atoms with Crippen molar-refractivity contribution >= 4 is 23.5 Å². The molecule has 2 N–H and O–H groups in total. The second-order valence-electron chi connectivity index (χ2n) is 9.72. The van der Waals surface area contributed by atoms with Crippen molar-refractivity contribution in [3.05, 3.63) is 33.3 Å². The summed E-state index contributed by atoms with van der Waals surface area (Å²) in [6, 6.07) is 0.0403. The molecule has 0 unspecified atom stereocenters. The highest BCUT2D eigenvalue weighted by Crippen LogP contribution is 2.26. The molecule has 0 bridgehead atoms. The van der Waals surface area contributed by atoms with Gasteiger partial charge < -0.3 is 20.1 Å². The van der Waals surface area contributed by atoms with Crippen LogP contribution in [0.4, 0.5) is 0 Å². The van der Waals surface area contributed by atoms with E-state index >= 15 is 0 Å². The van der Waals surface area contributed by atoms with Crippen molar-refractivity contribution in [3.63, 3.8) is 0 Å². The Bertz CT molecular complexity index is 1190. The van der Waals surface area contributed by atoms with Crippen LogP contribution in [0, 0.1) is 18.8 Å². The van der Waals surface area contributed by atoms with Gasteiger partial charge in [0.2, 0.25) is 11.8 Å². The summed E-state index contributed by atoms with van der Waals surface area (Å²) in [5.74, 6) is -0.654. The average molecular weight is 472 g/mol. The third kappa shape index (κ3) is 4.72. The van der Waals surface area contributed by atoms with Crippen LogP contribution in [0.3, 0.4) is 0 Å². The molecule has 10 heteroatoms. The summed E-state index contributed by atoms with van der Waals surface area (Å²) in [5.41, 5.74) is 0.455. The zero-order chi connectivity index (χ0) is 24.6. The maximum absolute atomic E-state index is 13.2. The number of aryl methyl sites for hydroxylation is 1. The first-order valence-electron chi connectivity index (χ1n) is 11.8. The van der Waals surface area contributed by atoms with Crippen LogP contribution in [0.15, 0.2) is 10.9 Å². The van der Waals surface area contributed by atoms with Crippen LogP contribution in [-0.4, -0.2) is 68.9 Å². The summed E-state index contributed by atoms with van der Waals surface area (Å²) >= 11 is 0. The van der Waals surface area contributed by atoms with Crippen LogP contribution in [-0.2, 0) is 16.1 Å². The van der Waals surface area contributed by atoms with E-state index in [-0.39, 0.29) is 29.3 Å². The Morgan fingerprint density at radius 1 is 1.29 bits per heavy atom. The maximum Gasteiger partial charge on any atom is 0.291 e. The number of nitrogens with zero attached hydrogens (tertiary/aromatic N) is 4.